The lowest BCUT2D eigenvalue weighted by Crippen LogP contribution is -2.58. The molecule has 4 amide bonds. The summed E-state index contributed by atoms with van der Waals surface area (Å²) in [5.41, 5.74) is -0.369. The maximum atomic E-state index is 14.5. The number of halogens is 1. The molecule has 5 atom stereocenters. The minimum Gasteiger partial charge on any atom is -0.471 e. The second-order valence-electron chi connectivity index (χ2n) is 14.0. The number of carbonyl (C=O) groups is 4. The molecule has 2 saturated carbocycles. The summed E-state index contributed by atoms with van der Waals surface area (Å²) in [5, 5.41) is 5.25. The number of sulfonamides is 1. The Morgan fingerprint density at radius 1 is 1.10 bits per heavy atom. The van der Waals surface area contributed by atoms with Gasteiger partial charge in [-0.25, -0.2) is 27.8 Å². The molecule has 276 valence electrons. The molecular weight excluding hydrogens is 714 g/mol. The number of ether oxygens (including phenoxy) is 1. The Morgan fingerprint density at radius 3 is 2.65 bits per heavy atom. The zero-order valence-corrected chi connectivity index (χ0v) is 30.4. The molecule has 4 heterocycles. The van der Waals surface area contributed by atoms with Crippen LogP contribution in [0, 0.1) is 25.6 Å². The van der Waals surface area contributed by atoms with Gasteiger partial charge in [-0.05, 0) is 64.5 Å². The van der Waals surface area contributed by atoms with E-state index >= 15 is 0 Å². The number of nitrogens with one attached hydrogen (secondary N) is 3. The number of rotatable bonds is 7. The molecule has 2 aromatic heterocycles. The molecule has 17 heteroatoms. The second-order valence-corrected chi connectivity index (χ2v) is 17.2. The number of aromatic nitrogens is 3. The molecule has 52 heavy (non-hydrogen) atoms. The highest BCUT2D eigenvalue weighted by atomic mass is 32.2. The Hall–Kier alpha value is -4.51. The van der Waals surface area contributed by atoms with Crippen LogP contribution in [-0.4, -0.2) is 87.4 Å². The second kappa shape index (κ2) is 14.1. The van der Waals surface area contributed by atoms with Gasteiger partial charge in [-0.3, -0.25) is 23.9 Å². The van der Waals surface area contributed by atoms with Crippen LogP contribution in [0.25, 0.3) is 11.0 Å². The van der Waals surface area contributed by atoms with Crippen LogP contribution >= 0.6 is 11.3 Å². The van der Waals surface area contributed by atoms with E-state index in [-0.39, 0.29) is 35.8 Å². The van der Waals surface area contributed by atoms with Crippen molar-refractivity contribution in [3.8, 4) is 5.88 Å². The largest absolute Gasteiger partial charge is 0.471 e. The molecule has 0 unspecified atom stereocenters. The van der Waals surface area contributed by atoms with Crippen LogP contribution in [0.1, 0.15) is 78.2 Å². The summed E-state index contributed by atoms with van der Waals surface area (Å²) < 4.78 is 48.1. The Bertz CT molecular complexity index is 2070. The van der Waals surface area contributed by atoms with Crippen molar-refractivity contribution in [2.75, 3.05) is 6.54 Å². The van der Waals surface area contributed by atoms with Gasteiger partial charge < -0.3 is 20.3 Å². The standard InChI is InChI=1S/C35H40FN7O7S2/c1-19-17-37-32(51-19)30(45)39-26-9-7-5-3-4-6-8-21-16-35(21,34(47)42-52(48,49)24-11-12-24)41-29(44)28-15-23(18-43(28)33(26)46)50-31-20(2)38-25-13-10-22(36)14-27(25)40-31/h6,8,10,13-14,17,21,23-24,26,28H,3-5,7,9,11-12,15-16,18H2,1-2H3,(H,39,45)(H,41,44)(H,42,47)/b8-6-/t21-,23-,26+,28+,35-/m1/s1. The van der Waals surface area contributed by atoms with Gasteiger partial charge in [0.2, 0.25) is 27.7 Å². The number of hydrogen-bond acceptors (Lipinski definition) is 11. The molecule has 0 radical (unpaired) electrons. The fourth-order valence-electron chi connectivity index (χ4n) is 6.90. The van der Waals surface area contributed by atoms with Crippen LogP contribution in [0.15, 0.2) is 36.5 Å². The highest BCUT2D eigenvalue weighted by Gasteiger charge is 2.62. The summed E-state index contributed by atoms with van der Waals surface area (Å²) in [6.07, 6.45) is 8.82. The van der Waals surface area contributed by atoms with Crippen molar-refractivity contribution in [1.82, 2.24) is 35.2 Å². The first-order chi connectivity index (χ1) is 24.8. The van der Waals surface area contributed by atoms with Crippen molar-refractivity contribution in [2.24, 2.45) is 5.92 Å². The Kier molecular flexibility index (Phi) is 9.75. The zero-order chi connectivity index (χ0) is 36.8. The van der Waals surface area contributed by atoms with Crippen LogP contribution in [0.4, 0.5) is 4.39 Å². The van der Waals surface area contributed by atoms with Gasteiger partial charge in [-0.1, -0.05) is 25.0 Å². The number of benzene rings is 1. The van der Waals surface area contributed by atoms with Gasteiger partial charge in [0, 0.05) is 29.5 Å². The van der Waals surface area contributed by atoms with E-state index < -0.39 is 74.4 Å². The van der Waals surface area contributed by atoms with Gasteiger partial charge in [0.1, 0.15) is 35.2 Å². The predicted molar refractivity (Wildman–Crippen MR) is 188 cm³/mol. The fraction of sp³-hybridized carbons (Fsp3) is 0.514. The molecule has 3 fully saturated rings. The number of thiazole rings is 1. The number of nitrogens with zero attached hydrogens (tertiary/aromatic N) is 4. The summed E-state index contributed by atoms with van der Waals surface area (Å²) in [6.45, 7) is 3.44. The molecule has 0 spiro atoms. The molecule has 7 rings (SSSR count). The average Bonchev–Trinajstić information content (AvgIpc) is 3.98. The molecule has 14 nitrogen and oxygen atoms in total. The maximum absolute atomic E-state index is 14.5. The van der Waals surface area contributed by atoms with E-state index in [1.54, 1.807) is 13.1 Å². The van der Waals surface area contributed by atoms with Gasteiger partial charge in [0.15, 0.2) is 5.01 Å². The minimum atomic E-state index is -3.90. The first kappa shape index (κ1) is 35.9. The predicted octanol–water partition coefficient (Wildman–Crippen LogP) is 2.99. The van der Waals surface area contributed by atoms with Crippen LogP contribution in [0.5, 0.6) is 5.88 Å². The van der Waals surface area contributed by atoms with E-state index in [0.717, 1.165) is 17.7 Å². The number of fused-ring (bicyclic) bond motifs is 3. The monoisotopic (exact) mass is 753 g/mol. The zero-order valence-electron chi connectivity index (χ0n) is 28.8. The van der Waals surface area contributed by atoms with E-state index in [0.29, 0.717) is 43.3 Å². The van der Waals surface area contributed by atoms with Gasteiger partial charge in [0.05, 0.1) is 22.8 Å². The van der Waals surface area contributed by atoms with Crippen molar-refractivity contribution >= 4 is 56.0 Å². The van der Waals surface area contributed by atoms with E-state index in [4.69, 9.17) is 4.74 Å². The number of hydrogen-bond donors (Lipinski definition) is 3. The van der Waals surface area contributed by atoms with Crippen molar-refractivity contribution in [2.45, 2.75) is 101 Å². The Balaban J connectivity index is 1.19. The third-order valence-corrected chi connectivity index (χ3v) is 12.7. The van der Waals surface area contributed by atoms with E-state index in [9.17, 15) is 32.0 Å². The topological polar surface area (TPSA) is 190 Å². The van der Waals surface area contributed by atoms with Gasteiger partial charge in [-0.2, -0.15) is 0 Å². The third kappa shape index (κ3) is 7.51. The van der Waals surface area contributed by atoms with Gasteiger partial charge in [0.25, 0.3) is 11.8 Å². The molecule has 1 aromatic carbocycles. The quantitative estimate of drug-likeness (QED) is 0.303. The molecule has 3 N–H and O–H groups in total. The number of aryl methyl sites for hydroxylation is 2. The molecule has 2 aliphatic heterocycles. The number of amides is 4. The van der Waals surface area contributed by atoms with Gasteiger partial charge in [-0.15, -0.1) is 11.3 Å². The number of allylic oxidation sites excluding steroid dienone is 1. The van der Waals surface area contributed by atoms with Crippen molar-refractivity contribution in [1.29, 1.82) is 0 Å². The van der Waals surface area contributed by atoms with E-state index in [1.807, 2.05) is 19.1 Å². The van der Waals surface area contributed by atoms with Crippen LogP contribution in [0.2, 0.25) is 0 Å². The normalized spacial score (nSPS) is 27.4. The SMILES string of the molecule is Cc1cnc(C(=O)N[C@H]2CCCCC/C=C\[C@@H]3C[C@@]3(C(=O)NS(=O)(=O)C3CC3)NC(=O)[C@@H]3C[C@@H](Oc4nc5cc(F)ccc5nc4C)CN3C2=O)s1. The van der Waals surface area contributed by atoms with Crippen molar-refractivity contribution in [3.63, 3.8) is 0 Å². The summed E-state index contributed by atoms with van der Waals surface area (Å²) in [7, 11) is -3.90. The molecule has 2 aliphatic carbocycles. The molecule has 3 aromatic rings. The van der Waals surface area contributed by atoms with Crippen LogP contribution < -0.4 is 20.1 Å². The van der Waals surface area contributed by atoms with E-state index in [2.05, 4.69) is 30.3 Å². The minimum absolute atomic E-state index is 0.00913. The maximum Gasteiger partial charge on any atom is 0.280 e. The highest BCUT2D eigenvalue weighted by Crippen LogP contribution is 2.46. The van der Waals surface area contributed by atoms with Crippen LogP contribution in [-0.2, 0) is 24.4 Å². The van der Waals surface area contributed by atoms with Crippen LogP contribution in [0.3, 0.4) is 0 Å². The van der Waals surface area contributed by atoms with Gasteiger partial charge >= 0.3 is 0 Å². The molecule has 1 saturated heterocycles. The number of carbonyl (C=O) groups excluding carboxylic acids is 4. The molecular formula is C35H40FN7O7S2. The average molecular weight is 754 g/mol. The summed E-state index contributed by atoms with van der Waals surface area (Å²) in [6, 6.07) is 1.88. The summed E-state index contributed by atoms with van der Waals surface area (Å²) >= 11 is 1.20. The smallest absolute Gasteiger partial charge is 0.280 e. The van der Waals surface area contributed by atoms with Crippen molar-refractivity contribution < 1.29 is 36.7 Å². The van der Waals surface area contributed by atoms with Crippen molar-refractivity contribution in [3.05, 3.63) is 57.9 Å². The Morgan fingerprint density at radius 2 is 1.90 bits per heavy atom. The lowest BCUT2D eigenvalue weighted by Gasteiger charge is -2.29. The highest BCUT2D eigenvalue weighted by molar-refractivity contribution is 7.91. The molecule has 4 aliphatic rings. The Labute approximate surface area is 304 Å². The third-order valence-electron chi connectivity index (χ3n) is 10.00. The first-order valence-electron chi connectivity index (χ1n) is 17.5. The van der Waals surface area contributed by atoms with E-state index in [1.165, 1.54) is 34.4 Å². The summed E-state index contributed by atoms with van der Waals surface area (Å²) in [5.74, 6) is -3.32. The lowest BCUT2D eigenvalue weighted by molar-refractivity contribution is -0.141. The first-order valence-corrected chi connectivity index (χ1v) is 19.9. The summed E-state index contributed by atoms with van der Waals surface area (Å²) in [4.78, 5) is 71.0. The lowest BCUT2D eigenvalue weighted by atomic mass is 10.0. The molecule has 0 bridgehead atoms. The fourth-order valence-corrected chi connectivity index (χ4v) is 8.93.